The van der Waals surface area contributed by atoms with Crippen molar-refractivity contribution in [2.75, 3.05) is 13.1 Å². The number of halogens is 3. The lowest BCUT2D eigenvalue weighted by Crippen LogP contribution is -2.34. The standard InChI is InChI=1S/C18H16F3N3O/c19-11-4-5-15(14(21)10-11)24-16-3-1-2-13(20)17(16)18(23-24)25-12-6-8-22-9-7-12/h1-5,10,12,22H,6-9H2. The van der Waals surface area contributed by atoms with Crippen molar-refractivity contribution in [1.29, 1.82) is 0 Å². The summed E-state index contributed by atoms with van der Waals surface area (Å²) < 4.78 is 48.9. The number of fused-ring (bicyclic) bond motifs is 1. The lowest BCUT2D eigenvalue weighted by molar-refractivity contribution is 0.157. The van der Waals surface area contributed by atoms with Gasteiger partial charge in [0.2, 0.25) is 5.88 Å². The Morgan fingerprint density at radius 2 is 1.84 bits per heavy atom. The molecule has 0 saturated carbocycles. The van der Waals surface area contributed by atoms with Crippen molar-refractivity contribution in [3.8, 4) is 11.6 Å². The molecule has 130 valence electrons. The van der Waals surface area contributed by atoms with Gasteiger partial charge in [0.05, 0.1) is 10.9 Å². The number of hydrogen-bond donors (Lipinski definition) is 1. The fraction of sp³-hybridized carbons (Fsp3) is 0.278. The van der Waals surface area contributed by atoms with Crippen LogP contribution in [0.2, 0.25) is 0 Å². The molecule has 0 spiro atoms. The van der Waals surface area contributed by atoms with Crippen LogP contribution in [-0.2, 0) is 0 Å². The molecule has 1 aliphatic heterocycles. The molecule has 1 fully saturated rings. The zero-order valence-electron chi connectivity index (χ0n) is 13.3. The summed E-state index contributed by atoms with van der Waals surface area (Å²) in [5, 5.41) is 7.70. The summed E-state index contributed by atoms with van der Waals surface area (Å²) in [5.74, 6) is -1.82. The molecule has 4 nitrogen and oxygen atoms in total. The second-order valence-electron chi connectivity index (χ2n) is 6.01. The van der Waals surface area contributed by atoms with Crippen molar-refractivity contribution in [2.24, 2.45) is 0 Å². The van der Waals surface area contributed by atoms with Gasteiger partial charge in [-0.1, -0.05) is 6.07 Å². The minimum absolute atomic E-state index is 0.0390. The maximum atomic E-state index is 14.4. The Bertz CT molecular complexity index is 919. The smallest absolute Gasteiger partial charge is 0.244 e. The fourth-order valence-electron chi connectivity index (χ4n) is 3.09. The highest BCUT2D eigenvalue weighted by Crippen LogP contribution is 2.32. The van der Waals surface area contributed by atoms with Crippen molar-refractivity contribution in [3.05, 3.63) is 53.8 Å². The molecule has 1 N–H and O–H groups in total. The van der Waals surface area contributed by atoms with Crippen LogP contribution in [0.1, 0.15) is 12.8 Å². The predicted molar refractivity (Wildman–Crippen MR) is 87.5 cm³/mol. The largest absolute Gasteiger partial charge is 0.473 e. The van der Waals surface area contributed by atoms with Gasteiger partial charge in [0.15, 0.2) is 5.82 Å². The number of ether oxygens (including phenoxy) is 1. The molecule has 0 radical (unpaired) electrons. The van der Waals surface area contributed by atoms with E-state index in [1.807, 2.05) is 0 Å². The maximum absolute atomic E-state index is 14.4. The number of rotatable bonds is 3. The van der Waals surface area contributed by atoms with Crippen LogP contribution in [0.15, 0.2) is 36.4 Å². The SMILES string of the molecule is Fc1ccc(-n2nc(OC3CCNCC3)c3c(F)cccc32)c(F)c1. The van der Waals surface area contributed by atoms with E-state index in [1.165, 1.54) is 22.9 Å². The first-order chi connectivity index (χ1) is 12.1. The molecular formula is C18H16F3N3O. The third kappa shape index (κ3) is 2.95. The third-order valence-electron chi connectivity index (χ3n) is 4.33. The van der Waals surface area contributed by atoms with Gasteiger partial charge >= 0.3 is 0 Å². The number of benzene rings is 2. The van der Waals surface area contributed by atoms with Gasteiger partial charge in [0, 0.05) is 6.07 Å². The summed E-state index contributed by atoms with van der Waals surface area (Å²) in [6.07, 6.45) is 1.49. The van der Waals surface area contributed by atoms with Crippen LogP contribution in [0.5, 0.6) is 5.88 Å². The molecular weight excluding hydrogens is 331 g/mol. The summed E-state index contributed by atoms with van der Waals surface area (Å²) in [4.78, 5) is 0. The Morgan fingerprint density at radius 3 is 2.60 bits per heavy atom. The van der Waals surface area contributed by atoms with Crippen molar-refractivity contribution < 1.29 is 17.9 Å². The van der Waals surface area contributed by atoms with E-state index in [0.717, 1.165) is 38.1 Å². The first-order valence-electron chi connectivity index (χ1n) is 8.13. The molecule has 2 aromatic carbocycles. The van der Waals surface area contributed by atoms with Crippen LogP contribution in [0.25, 0.3) is 16.6 Å². The second-order valence-corrected chi connectivity index (χ2v) is 6.01. The lowest BCUT2D eigenvalue weighted by Gasteiger charge is -2.22. The molecule has 1 saturated heterocycles. The predicted octanol–water partition coefficient (Wildman–Crippen LogP) is 3.57. The zero-order chi connectivity index (χ0) is 17.4. The summed E-state index contributed by atoms with van der Waals surface area (Å²) >= 11 is 0. The average Bonchev–Trinajstić information content (AvgIpc) is 2.95. The summed E-state index contributed by atoms with van der Waals surface area (Å²) in [6.45, 7) is 1.64. The monoisotopic (exact) mass is 347 g/mol. The first kappa shape index (κ1) is 16.0. The highest BCUT2D eigenvalue weighted by Gasteiger charge is 2.22. The van der Waals surface area contributed by atoms with Crippen LogP contribution in [0, 0.1) is 17.5 Å². The van der Waals surface area contributed by atoms with Gasteiger partial charge in [0.25, 0.3) is 0 Å². The van der Waals surface area contributed by atoms with E-state index in [0.29, 0.717) is 5.52 Å². The zero-order valence-corrected chi connectivity index (χ0v) is 13.3. The van der Waals surface area contributed by atoms with E-state index < -0.39 is 17.5 Å². The Morgan fingerprint density at radius 1 is 1.04 bits per heavy atom. The van der Waals surface area contributed by atoms with Gasteiger partial charge in [-0.3, -0.25) is 0 Å². The van der Waals surface area contributed by atoms with E-state index in [9.17, 15) is 13.2 Å². The molecule has 1 aromatic heterocycles. The number of nitrogens with zero attached hydrogens (tertiary/aromatic N) is 2. The van der Waals surface area contributed by atoms with Gasteiger partial charge in [0.1, 0.15) is 23.4 Å². The quantitative estimate of drug-likeness (QED) is 0.787. The molecule has 0 amide bonds. The maximum Gasteiger partial charge on any atom is 0.244 e. The molecule has 0 aliphatic carbocycles. The Labute approximate surface area is 142 Å². The molecule has 3 aromatic rings. The highest BCUT2D eigenvalue weighted by atomic mass is 19.1. The molecule has 0 atom stereocenters. The normalized spacial score (nSPS) is 15.6. The molecule has 1 aliphatic rings. The molecule has 2 heterocycles. The fourth-order valence-corrected chi connectivity index (χ4v) is 3.09. The van der Waals surface area contributed by atoms with Crippen molar-refractivity contribution in [1.82, 2.24) is 15.1 Å². The minimum atomic E-state index is -0.776. The third-order valence-corrected chi connectivity index (χ3v) is 4.33. The summed E-state index contributed by atoms with van der Waals surface area (Å²) in [7, 11) is 0. The van der Waals surface area contributed by atoms with Crippen LogP contribution in [0.4, 0.5) is 13.2 Å². The minimum Gasteiger partial charge on any atom is -0.473 e. The number of aromatic nitrogens is 2. The van der Waals surface area contributed by atoms with Crippen LogP contribution >= 0.6 is 0 Å². The van der Waals surface area contributed by atoms with Gasteiger partial charge in [-0.2, -0.15) is 0 Å². The lowest BCUT2D eigenvalue weighted by atomic mass is 10.1. The first-order valence-corrected chi connectivity index (χ1v) is 8.13. The molecule has 4 rings (SSSR count). The van der Waals surface area contributed by atoms with E-state index >= 15 is 0 Å². The number of hydrogen-bond acceptors (Lipinski definition) is 3. The molecule has 25 heavy (non-hydrogen) atoms. The van der Waals surface area contributed by atoms with Gasteiger partial charge in [-0.25, -0.2) is 17.9 Å². The number of piperidine rings is 1. The summed E-state index contributed by atoms with van der Waals surface area (Å²) in [5.41, 5.74) is 0.409. The highest BCUT2D eigenvalue weighted by molar-refractivity contribution is 5.86. The van der Waals surface area contributed by atoms with Crippen molar-refractivity contribution in [2.45, 2.75) is 18.9 Å². The van der Waals surface area contributed by atoms with E-state index in [4.69, 9.17) is 4.74 Å². The molecule has 0 unspecified atom stereocenters. The molecule has 0 bridgehead atoms. The molecule has 7 heteroatoms. The number of nitrogens with one attached hydrogen (secondary N) is 1. The van der Waals surface area contributed by atoms with Gasteiger partial charge in [-0.15, -0.1) is 5.10 Å². The van der Waals surface area contributed by atoms with Crippen LogP contribution < -0.4 is 10.1 Å². The second kappa shape index (κ2) is 6.40. The van der Waals surface area contributed by atoms with Crippen molar-refractivity contribution >= 4 is 10.9 Å². The van der Waals surface area contributed by atoms with Gasteiger partial charge in [-0.05, 0) is 50.2 Å². The topological polar surface area (TPSA) is 39.1 Å². The van der Waals surface area contributed by atoms with Crippen LogP contribution in [0.3, 0.4) is 0 Å². The van der Waals surface area contributed by atoms with Gasteiger partial charge < -0.3 is 10.1 Å². The van der Waals surface area contributed by atoms with E-state index in [2.05, 4.69) is 10.4 Å². The average molecular weight is 347 g/mol. The Kier molecular flexibility index (Phi) is 4.09. The van der Waals surface area contributed by atoms with Crippen molar-refractivity contribution in [3.63, 3.8) is 0 Å². The van der Waals surface area contributed by atoms with Crippen LogP contribution in [-0.4, -0.2) is 29.0 Å². The van der Waals surface area contributed by atoms with E-state index in [-0.39, 0.29) is 23.1 Å². The summed E-state index contributed by atoms with van der Waals surface area (Å²) in [6, 6.07) is 7.64. The Hall–Kier alpha value is -2.54. The Balaban J connectivity index is 1.83. The van der Waals surface area contributed by atoms with E-state index in [1.54, 1.807) is 6.07 Å².